The fraction of sp³-hybridized carbons (Fsp3) is 0.545. The Morgan fingerprint density at radius 3 is 3.16 bits per heavy atom. The second-order valence-electron chi connectivity index (χ2n) is 4.03. The van der Waals surface area contributed by atoms with Crippen molar-refractivity contribution in [3.63, 3.8) is 0 Å². The summed E-state index contributed by atoms with van der Waals surface area (Å²) in [7, 11) is 0. The third-order valence-corrected chi connectivity index (χ3v) is 2.65. The molecule has 19 heavy (non-hydrogen) atoms. The predicted molar refractivity (Wildman–Crippen MR) is 66.7 cm³/mol. The number of nitrogens with one attached hydrogen (secondary N) is 1. The van der Waals surface area contributed by atoms with Crippen LogP contribution in [0, 0.1) is 6.92 Å². The number of carbonyl (C=O) groups excluding carboxylic acids is 1. The Bertz CT molecular complexity index is 567. The van der Waals surface area contributed by atoms with Crippen molar-refractivity contribution in [1.82, 2.24) is 30.3 Å². The van der Waals surface area contributed by atoms with Gasteiger partial charge in [-0.1, -0.05) is 5.10 Å². The maximum atomic E-state index is 11.1. The molecule has 0 saturated carbocycles. The molecular weight excluding hydrogens is 248 g/mol. The number of nitrogens with zero attached hydrogens (tertiary/aromatic N) is 5. The number of aryl methyl sites for hydroxylation is 2. The average Bonchev–Trinajstić information content (AvgIpc) is 2.82. The van der Waals surface area contributed by atoms with E-state index in [2.05, 4.69) is 25.8 Å². The number of hydrogen-bond acceptors (Lipinski definition) is 6. The fourth-order valence-electron chi connectivity index (χ4n) is 1.71. The zero-order valence-corrected chi connectivity index (χ0v) is 11.0. The first kappa shape index (κ1) is 13.2. The maximum Gasteiger partial charge on any atom is 0.407 e. The average molecular weight is 264 g/mol. The molecule has 2 aromatic rings. The Morgan fingerprint density at radius 2 is 2.37 bits per heavy atom. The molecule has 2 heterocycles. The highest BCUT2D eigenvalue weighted by Crippen LogP contribution is 2.08. The second-order valence-corrected chi connectivity index (χ2v) is 4.03. The molecule has 2 rings (SSSR count). The molecule has 1 amide bonds. The smallest absolute Gasteiger partial charge is 0.407 e. The van der Waals surface area contributed by atoms with Crippen molar-refractivity contribution in [2.45, 2.75) is 26.7 Å². The van der Waals surface area contributed by atoms with Crippen molar-refractivity contribution in [3.8, 4) is 0 Å². The molecule has 102 valence electrons. The van der Waals surface area contributed by atoms with Gasteiger partial charge in [-0.2, -0.15) is 4.52 Å². The minimum absolute atomic E-state index is 0.380. The summed E-state index contributed by atoms with van der Waals surface area (Å²) in [4.78, 5) is 15.4. The Kier molecular flexibility index (Phi) is 4.22. The van der Waals surface area contributed by atoms with Gasteiger partial charge >= 0.3 is 6.09 Å². The van der Waals surface area contributed by atoms with Crippen LogP contribution < -0.4 is 5.32 Å². The molecule has 0 bridgehead atoms. The maximum absolute atomic E-state index is 11.1. The van der Waals surface area contributed by atoms with Crippen LogP contribution >= 0.6 is 0 Å². The largest absolute Gasteiger partial charge is 0.450 e. The molecule has 0 aliphatic rings. The van der Waals surface area contributed by atoms with Crippen molar-refractivity contribution >= 4 is 11.9 Å². The molecule has 8 nitrogen and oxygen atoms in total. The molecule has 8 heteroatoms. The van der Waals surface area contributed by atoms with E-state index in [0.717, 1.165) is 24.1 Å². The molecule has 0 saturated heterocycles. The van der Waals surface area contributed by atoms with E-state index in [1.807, 2.05) is 13.1 Å². The number of ether oxygens (including phenoxy) is 1. The van der Waals surface area contributed by atoms with E-state index in [1.165, 1.54) is 0 Å². The lowest BCUT2D eigenvalue weighted by atomic mass is 10.1. The molecule has 0 spiro atoms. The van der Waals surface area contributed by atoms with Crippen LogP contribution in [0.4, 0.5) is 4.79 Å². The number of alkyl carbamates (subject to hydrolysis) is 1. The van der Waals surface area contributed by atoms with Gasteiger partial charge in [0.15, 0.2) is 0 Å². The van der Waals surface area contributed by atoms with E-state index in [9.17, 15) is 4.79 Å². The van der Waals surface area contributed by atoms with Crippen molar-refractivity contribution in [2.75, 3.05) is 13.2 Å². The molecule has 0 atom stereocenters. The molecule has 0 aliphatic heterocycles. The molecule has 0 unspecified atom stereocenters. The second kappa shape index (κ2) is 6.07. The van der Waals surface area contributed by atoms with Crippen molar-refractivity contribution in [2.24, 2.45) is 0 Å². The van der Waals surface area contributed by atoms with E-state index in [1.54, 1.807) is 11.4 Å². The van der Waals surface area contributed by atoms with Gasteiger partial charge in [0.1, 0.15) is 0 Å². The molecule has 0 radical (unpaired) electrons. The van der Waals surface area contributed by atoms with E-state index in [0.29, 0.717) is 18.9 Å². The van der Waals surface area contributed by atoms with Crippen molar-refractivity contribution in [3.05, 3.63) is 17.5 Å². The van der Waals surface area contributed by atoms with Crippen LogP contribution in [-0.4, -0.2) is 44.3 Å². The van der Waals surface area contributed by atoms with E-state index >= 15 is 0 Å². The van der Waals surface area contributed by atoms with Crippen LogP contribution in [0.3, 0.4) is 0 Å². The Morgan fingerprint density at radius 1 is 1.53 bits per heavy atom. The lowest BCUT2D eigenvalue weighted by molar-refractivity contribution is 0.152. The molecule has 0 aromatic carbocycles. The summed E-state index contributed by atoms with van der Waals surface area (Å²) in [5, 5.41) is 13.8. The van der Waals surface area contributed by atoms with E-state index in [-0.39, 0.29) is 6.09 Å². The Balaban J connectivity index is 1.87. The van der Waals surface area contributed by atoms with Crippen LogP contribution in [0.2, 0.25) is 0 Å². The highest BCUT2D eigenvalue weighted by Gasteiger charge is 2.06. The van der Waals surface area contributed by atoms with Crippen molar-refractivity contribution in [1.29, 1.82) is 0 Å². The van der Waals surface area contributed by atoms with Gasteiger partial charge in [-0.25, -0.2) is 9.78 Å². The van der Waals surface area contributed by atoms with Crippen molar-refractivity contribution < 1.29 is 9.53 Å². The number of hydrogen-bond donors (Lipinski definition) is 1. The van der Waals surface area contributed by atoms with E-state index in [4.69, 9.17) is 4.74 Å². The predicted octanol–water partition coefficient (Wildman–Crippen LogP) is 0.506. The fourth-order valence-corrected chi connectivity index (χ4v) is 1.71. The van der Waals surface area contributed by atoms with E-state index < -0.39 is 0 Å². The SMILES string of the molecule is CCOC(=O)NCCCc1cn2nnnc2nc1C. The highest BCUT2D eigenvalue weighted by atomic mass is 16.5. The standard InChI is InChI=1S/C11H16N6O2/c1-3-19-11(18)12-6-4-5-9-7-17-10(13-8(9)2)14-15-16-17/h7H,3-6H2,1-2H3,(H,12,18). The van der Waals surface area contributed by atoms with Crippen LogP contribution in [0.5, 0.6) is 0 Å². The lowest BCUT2D eigenvalue weighted by Crippen LogP contribution is -2.25. The summed E-state index contributed by atoms with van der Waals surface area (Å²) < 4.78 is 6.31. The number of aromatic nitrogens is 5. The van der Waals surface area contributed by atoms with Crippen LogP contribution in [0.1, 0.15) is 24.6 Å². The number of amides is 1. The first-order valence-electron chi connectivity index (χ1n) is 6.15. The quantitative estimate of drug-likeness (QED) is 0.790. The number of carbonyl (C=O) groups is 1. The molecule has 2 aromatic heterocycles. The first-order chi connectivity index (χ1) is 9.20. The van der Waals surface area contributed by atoms with Gasteiger partial charge in [0.2, 0.25) is 0 Å². The summed E-state index contributed by atoms with van der Waals surface area (Å²) in [5.74, 6) is 0.492. The number of rotatable bonds is 5. The third-order valence-electron chi connectivity index (χ3n) is 2.65. The lowest BCUT2D eigenvalue weighted by Gasteiger charge is -2.06. The van der Waals surface area contributed by atoms with Crippen LogP contribution in [-0.2, 0) is 11.2 Å². The number of fused-ring (bicyclic) bond motifs is 1. The van der Waals surface area contributed by atoms with Gasteiger partial charge in [0.25, 0.3) is 5.78 Å². The highest BCUT2D eigenvalue weighted by molar-refractivity contribution is 5.66. The summed E-state index contributed by atoms with van der Waals surface area (Å²) in [6.07, 6.45) is 3.08. The Labute approximate surface area is 110 Å². The van der Waals surface area contributed by atoms with Gasteiger partial charge in [0, 0.05) is 18.4 Å². The normalized spacial score (nSPS) is 10.6. The van der Waals surface area contributed by atoms with Gasteiger partial charge < -0.3 is 10.1 Å². The van der Waals surface area contributed by atoms with Gasteiger partial charge in [0.05, 0.1) is 6.61 Å². The van der Waals surface area contributed by atoms with Crippen LogP contribution in [0.25, 0.3) is 5.78 Å². The molecule has 1 N–H and O–H groups in total. The number of tetrazole rings is 1. The summed E-state index contributed by atoms with van der Waals surface area (Å²) >= 11 is 0. The monoisotopic (exact) mass is 264 g/mol. The summed E-state index contributed by atoms with van der Waals surface area (Å²) in [5.41, 5.74) is 1.96. The molecule has 0 fully saturated rings. The van der Waals surface area contributed by atoms with Gasteiger partial charge in [-0.15, -0.1) is 0 Å². The van der Waals surface area contributed by atoms with Crippen LogP contribution in [0.15, 0.2) is 6.20 Å². The summed E-state index contributed by atoms with van der Waals surface area (Å²) in [6.45, 7) is 4.63. The van der Waals surface area contributed by atoms with Gasteiger partial charge in [-0.05, 0) is 42.7 Å². The zero-order chi connectivity index (χ0) is 13.7. The first-order valence-corrected chi connectivity index (χ1v) is 6.15. The topological polar surface area (TPSA) is 94.3 Å². The summed E-state index contributed by atoms with van der Waals surface area (Å²) in [6, 6.07) is 0. The minimum Gasteiger partial charge on any atom is -0.450 e. The molecule has 0 aliphatic carbocycles. The minimum atomic E-state index is -0.381. The molecular formula is C11H16N6O2. The van der Waals surface area contributed by atoms with Gasteiger partial charge in [-0.3, -0.25) is 0 Å². The Hall–Kier alpha value is -2.25. The zero-order valence-electron chi connectivity index (χ0n) is 11.0. The third kappa shape index (κ3) is 3.36.